The van der Waals surface area contributed by atoms with Crippen molar-refractivity contribution in [2.24, 2.45) is 0 Å². The van der Waals surface area contributed by atoms with Gasteiger partial charge in [0, 0.05) is 31.5 Å². The maximum Gasteiger partial charge on any atom is 0.255 e. The molecule has 0 unspecified atom stereocenters. The van der Waals surface area contributed by atoms with Gasteiger partial charge < -0.3 is 19.1 Å². The Labute approximate surface area is 205 Å². The largest absolute Gasteiger partial charge is 0.497 e. The van der Waals surface area contributed by atoms with Crippen molar-refractivity contribution < 1.29 is 23.8 Å². The minimum absolute atomic E-state index is 0.125. The van der Waals surface area contributed by atoms with Crippen LogP contribution < -0.4 is 28.9 Å². The van der Waals surface area contributed by atoms with E-state index in [1.807, 2.05) is 43.3 Å². The van der Waals surface area contributed by atoms with Crippen molar-refractivity contribution in [1.29, 1.82) is 0 Å². The van der Waals surface area contributed by atoms with Gasteiger partial charge in [-0.3, -0.25) is 19.4 Å². The van der Waals surface area contributed by atoms with Crippen LogP contribution in [0.5, 0.6) is 17.2 Å². The van der Waals surface area contributed by atoms with E-state index in [2.05, 4.69) is 0 Å². The fourth-order valence-electron chi connectivity index (χ4n) is 4.19. The predicted molar refractivity (Wildman–Crippen MR) is 136 cm³/mol. The second kappa shape index (κ2) is 9.97. The molecule has 0 N–H and O–H groups in total. The van der Waals surface area contributed by atoms with Crippen molar-refractivity contribution >= 4 is 28.9 Å². The van der Waals surface area contributed by atoms with Gasteiger partial charge in [-0.15, -0.1) is 0 Å². The number of anilines is 3. The van der Waals surface area contributed by atoms with Gasteiger partial charge in [-0.2, -0.15) is 0 Å². The maximum atomic E-state index is 14.0. The first kappa shape index (κ1) is 23.9. The molecule has 8 heteroatoms. The SMILES string of the molecule is COc1ccc(N2C(=O)CN(c3ccc(OC)cc3OC)C(=O)[C@@H]2c2ccc(N(C)C)cc2)cc1. The number of carbonyl (C=O) groups is 2. The smallest absolute Gasteiger partial charge is 0.255 e. The Morgan fingerprint density at radius 3 is 2.00 bits per heavy atom. The first-order valence-electron chi connectivity index (χ1n) is 11.1. The fraction of sp³-hybridized carbons (Fsp3) is 0.259. The summed E-state index contributed by atoms with van der Waals surface area (Å²) >= 11 is 0. The average Bonchev–Trinajstić information content (AvgIpc) is 2.89. The van der Waals surface area contributed by atoms with Crippen molar-refractivity contribution in [2.45, 2.75) is 6.04 Å². The van der Waals surface area contributed by atoms with Gasteiger partial charge in [-0.25, -0.2) is 0 Å². The van der Waals surface area contributed by atoms with Crippen LogP contribution in [-0.4, -0.2) is 53.8 Å². The van der Waals surface area contributed by atoms with Crippen LogP contribution in [0.1, 0.15) is 11.6 Å². The lowest BCUT2D eigenvalue weighted by molar-refractivity contribution is -0.128. The molecule has 0 aliphatic carbocycles. The van der Waals surface area contributed by atoms with Crippen LogP contribution in [0.25, 0.3) is 0 Å². The zero-order valence-corrected chi connectivity index (χ0v) is 20.5. The van der Waals surface area contributed by atoms with E-state index in [0.29, 0.717) is 34.2 Å². The van der Waals surface area contributed by atoms with Gasteiger partial charge in [0.2, 0.25) is 5.91 Å². The molecular formula is C27H29N3O5. The molecule has 1 aliphatic rings. The highest BCUT2D eigenvalue weighted by atomic mass is 16.5. The Bertz CT molecular complexity index is 1210. The van der Waals surface area contributed by atoms with Gasteiger partial charge in [0.15, 0.2) is 0 Å². The first-order chi connectivity index (χ1) is 16.9. The molecule has 2 amide bonds. The van der Waals surface area contributed by atoms with Crippen molar-refractivity contribution in [1.82, 2.24) is 0 Å². The number of methoxy groups -OCH3 is 3. The van der Waals surface area contributed by atoms with Crippen LogP contribution in [0.2, 0.25) is 0 Å². The molecule has 0 spiro atoms. The zero-order valence-electron chi connectivity index (χ0n) is 20.5. The minimum Gasteiger partial charge on any atom is -0.497 e. The van der Waals surface area contributed by atoms with E-state index >= 15 is 0 Å². The molecule has 1 atom stereocenters. The molecule has 3 aromatic rings. The van der Waals surface area contributed by atoms with E-state index in [1.165, 1.54) is 12.0 Å². The third-order valence-corrected chi connectivity index (χ3v) is 6.07. The normalized spacial score (nSPS) is 15.7. The van der Waals surface area contributed by atoms with Crippen LogP contribution in [0.15, 0.2) is 66.7 Å². The number of rotatable bonds is 7. The van der Waals surface area contributed by atoms with Crippen molar-refractivity contribution in [3.8, 4) is 17.2 Å². The predicted octanol–water partition coefficient (Wildman–Crippen LogP) is 3.90. The van der Waals surface area contributed by atoms with Crippen LogP contribution in [0, 0.1) is 0 Å². The molecule has 0 bridgehead atoms. The molecule has 0 radical (unpaired) electrons. The summed E-state index contributed by atoms with van der Waals surface area (Å²) in [5, 5.41) is 0. The van der Waals surface area contributed by atoms with Crippen LogP contribution in [0.3, 0.4) is 0 Å². The van der Waals surface area contributed by atoms with E-state index in [9.17, 15) is 9.59 Å². The van der Waals surface area contributed by atoms with Crippen molar-refractivity contribution in [2.75, 3.05) is 56.7 Å². The summed E-state index contributed by atoms with van der Waals surface area (Å²) in [5.41, 5.74) is 2.83. The van der Waals surface area contributed by atoms with E-state index in [4.69, 9.17) is 14.2 Å². The monoisotopic (exact) mass is 475 g/mol. The minimum atomic E-state index is -0.854. The summed E-state index contributed by atoms with van der Waals surface area (Å²) in [6.45, 7) is -0.125. The average molecular weight is 476 g/mol. The van der Waals surface area contributed by atoms with E-state index in [-0.39, 0.29) is 18.4 Å². The molecule has 182 valence electrons. The summed E-state index contributed by atoms with van der Waals surface area (Å²) in [5.74, 6) is 1.26. The Kier molecular flexibility index (Phi) is 6.82. The highest BCUT2D eigenvalue weighted by Crippen LogP contribution is 2.39. The number of benzene rings is 3. The van der Waals surface area contributed by atoms with Gasteiger partial charge in [0.05, 0.1) is 27.0 Å². The molecule has 4 rings (SSSR count). The number of ether oxygens (including phenoxy) is 3. The first-order valence-corrected chi connectivity index (χ1v) is 11.1. The standard InChI is InChI=1S/C27H29N3O5/c1-28(2)19-8-6-18(7-9-19)26-27(32)29(23-15-14-22(34-4)16-24(23)35-5)17-25(31)30(26)20-10-12-21(33-3)13-11-20/h6-16,26H,17H2,1-5H3/t26-/m0/s1. The maximum absolute atomic E-state index is 14.0. The summed E-state index contributed by atoms with van der Waals surface area (Å²) in [4.78, 5) is 32.6. The Morgan fingerprint density at radius 2 is 1.43 bits per heavy atom. The summed E-state index contributed by atoms with van der Waals surface area (Å²) in [6.07, 6.45) is 0. The molecular weight excluding hydrogens is 446 g/mol. The third kappa shape index (κ3) is 4.59. The highest BCUT2D eigenvalue weighted by Gasteiger charge is 2.42. The summed E-state index contributed by atoms with van der Waals surface area (Å²) in [6, 6.07) is 19.1. The topological polar surface area (TPSA) is 71.5 Å². The van der Waals surface area contributed by atoms with Crippen LogP contribution in [0.4, 0.5) is 17.1 Å². The number of hydrogen-bond acceptors (Lipinski definition) is 6. The Hall–Kier alpha value is -4.20. The van der Waals surface area contributed by atoms with E-state index < -0.39 is 6.04 Å². The summed E-state index contributed by atoms with van der Waals surface area (Å²) < 4.78 is 16.1. The quantitative estimate of drug-likeness (QED) is 0.516. The molecule has 8 nitrogen and oxygen atoms in total. The van der Waals surface area contributed by atoms with Gasteiger partial charge in [0.25, 0.3) is 5.91 Å². The van der Waals surface area contributed by atoms with Crippen LogP contribution >= 0.6 is 0 Å². The second-order valence-electron chi connectivity index (χ2n) is 8.31. The lowest BCUT2D eigenvalue weighted by Gasteiger charge is -2.40. The van der Waals surface area contributed by atoms with E-state index in [0.717, 1.165) is 5.69 Å². The fourth-order valence-corrected chi connectivity index (χ4v) is 4.19. The van der Waals surface area contributed by atoms with Gasteiger partial charge in [0.1, 0.15) is 29.8 Å². The number of hydrogen-bond donors (Lipinski definition) is 0. The lowest BCUT2D eigenvalue weighted by Crippen LogP contribution is -2.56. The molecule has 1 heterocycles. The Morgan fingerprint density at radius 1 is 0.800 bits per heavy atom. The van der Waals surface area contributed by atoms with Crippen LogP contribution in [-0.2, 0) is 9.59 Å². The van der Waals surface area contributed by atoms with Gasteiger partial charge in [-0.05, 0) is 54.1 Å². The third-order valence-electron chi connectivity index (χ3n) is 6.07. The van der Waals surface area contributed by atoms with Gasteiger partial charge >= 0.3 is 0 Å². The number of piperazine rings is 1. The molecule has 35 heavy (non-hydrogen) atoms. The Balaban J connectivity index is 1.81. The highest BCUT2D eigenvalue weighted by molar-refractivity contribution is 6.15. The lowest BCUT2D eigenvalue weighted by atomic mass is 9.98. The molecule has 1 aliphatic heterocycles. The van der Waals surface area contributed by atoms with Crippen molar-refractivity contribution in [3.05, 3.63) is 72.3 Å². The van der Waals surface area contributed by atoms with E-state index in [1.54, 1.807) is 61.6 Å². The molecule has 0 aromatic heterocycles. The molecule has 0 saturated carbocycles. The number of nitrogens with zero attached hydrogens (tertiary/aromatic N) is 3. The number of amides is 2. The summed E-state index contributed by atoms with van der Waals surface area (Å²) in [7, 11) is 8.57. The molecule has 1 fully saturated rings. The molecule has 3 aromatic carbocycles. The zero-order chi connectivity index (χ0) is 25.1. The molecule has 1 saturated heterocycles. The number of carbonyl (C=O) groups excluding carboxylic acids is 2. The van der Waals surface area contributed by atoms with Crippen molar-refractivity contribution in [3.63, 3.8) is 0 Å². The second-order valence-corrected chi connectivity index (χ2v) is 8.31. The van der Waals surface area contributed by atoms with Gasteiger partial charge in [-0.1, -0.05) is 12.1 Å².